The van der Waals surface area contributed by atoms with Crippen LogP contribution in [0.1, 0.15) is 46.8 Å². The maximum atomic E-state index is 12.5. The fourth-order valence-electron chi connectivity index (χ4n) is 3.72. The quantitative estimate of drug-likeness (QED) is 0.720. The molecule has 2 atom stereocenters. The van der Waals surface area contributed by atoms with Gasteiger partial charge in [-0.15, -0.1) is 9.24 Å². The molecule has 8 heteroatoms. The normalized spacial score (nSPS) is 17.9. The first kappa shape index (κ1) is 21.3. The van der Waals surface area contributed by atoms with Crippen LogP contribution in [0.3, 0.4) is 0 Å². The van der Waals surface area contributed by atoms with Crippen molar-refractivity contribution in [2.45, 2.75) is 38.3 Å². The maximum Gasteiger partial charge on any atom is 0.337 e. The number of fused-ring (bicyclic) bond motifs is 1. The Labute approximate surface area is 184 Å². The van der Waals surface area contributed by atoms with Crippen LogP contribution in [-0.4, -0.2) is 48.9 Å². The third-order valence-electron chi connectivity index (χ3n) is 5.61. The molecule has 0 radical (unpaired) electrons. The Balaban J connectivity index is 1.77. The lowest BCUT2D eigenvalue weighted by Crippen LogP contribution is -2.41. The van der Waals surface area contributed by atoms with Gasteiger partial charge in [0, 0.05) is 35.1 Å². The van der Waals surface area contributed by atoms with Gasteiger partial charge < -0.3 is 15.4 Å². The molecule has 1 saturated carbocycles. The van der Waals surface area contributed by atoms with E-state index in [1.807, 2.05) is 31.2 Å². The standard InChI is InChI=1S/C23H27N4O3P/c1-13-10-16-11-19(30-3)20(31)12-18(16)21(26-27(13)23(29)24-2)14-4-6-15(7-5-14)22(28)25-17-8-9-17/h4-7,11-13,17H,8-10,31H2,1-3H3,(H,24,29)(H,25,28). The number of ether oxygens (including phenoxy) is 1. The summed E-state index contributed by atoms with van der Waals surface area (Å²) in [4.78, 5) is 24.9. The van der Waals surface area contributed by atoms with Crippen LogP contribution in [0.4, 0.5) is 4.79 Å². The van der Waals surface area contributed by atoms with E-state index in [0.717, 1.165) is 40.6 Å². The van der Waals surface area contributed by atoms with E-state index in [9.17, 15) is 9.59 Å². The minimum atomic E-state index is -0.267. The number of hydrogen-bond acceptors (Lipinski definition) is 4. The Morgan fingerprint density at radius 3 is 2.52 bits per heavy atom. The van der Waals surface area contributed by atoms with Crippen molar-refractivity contribution in [2.75, 3.05) is 14.2 Å². The molecule has 3 amide bonds. The minimum absolute atomic E-state index is 0.0603. The molecule has 4 rings (SSSR count). The van der Waals surface area contributed by atoms with Crippen molar-refractivity contribution in [3.05, 3.63) is 58.7 Å². The van der Waals surface area contributed by atoms with E-state index in [1.54, 1.807) is 26.3 Å². The second-order valence-corrected chi connectivity index (χ2v) is 8.60. The van der Waals surface area contributed by atoms with E-state index in [1.165, 1.54) is 5.01 Å². The number of hydrogen-bond donors (Lipinski definition) is 2. The average Bonchev–Trinajstić information content (AvgIpc) is 3.60. The lowest BCUT2D eigenvalue weighted by atomic mass is 9.94. The zero-order chi connectivity index (χ0) is 22.1. The number of methoxy groups -OCH3 is 1. The molecule has 2 unspecified atom stereocenters. The minimum Gasteiger partial charge on any atom is -0.496 e. The average molecular weight is 438 g/mol. The summed E-state index contributed by atoms with van der Waals surface area (Å²) < 4.78 is 5.50. The van der Waals surface area contributed by atoms with E-state index >= 15 is 0 Å². The van der Waals surface area contributed by atoms with Crippen molar-refractivity contribution >= 4 is 32.2 Å². The topological polar surface area (TPSA) is 83.0 Å². The van der Waals surface area contributed by atoms with Crippen LogP contribution in [0.5, 0.6) is 5.75 Å². The molecule has 1 fully saturated rings. The molecule has 0 spiro atoms. The summed E-state index contributed by atoms with van der Waals surface area (Å²) in [5.41, 5.74) is 4.13. The highest BCUT2D eigenvalue weighted by molar-refractivity contribution is 7.27. The van der Waals surface area contributed by atoms with Crippen molar-refractivity contribution in [1.29, 1.82) is 0 Å². The van der Waals surface area contributed by atoms with Crippen LogP contribution in [0.25, 0.3) is 0 Å². The van der Waals surface area contributed by atoms with Crippen LogP contribution in [0, 0.1) is 0 Å². The summed E-state index contributed by atoms with van der Waals surface area (Å²) in [7, 11) is 5.93. The van der Waals surface area contributed by atoms with E-state index in [4.69, 9.17) is 9.84 Å². The summed E-state index contributed by atoms with van der Waals surface area (Å²) in [5, 5.41) is 12.8. The number of benzene rings is 2. The highest BCUT2D eigenvalue weighted by Gasteiger charge is 2.28. The Hall–Kier alpha value is -2.92. The van der Waals surface area contributed by atoms with Crippen LogP contribution in [0.15, 0.2) is 41.5 Å². The van der Waals surface area contributed by atoms with Gasteiger partial charge in [-0.05, 0) is 56.0 Å². The molecule has 0 bridgehead atoms. The molecular weight excluding hydrogens is 411 g/mol. The molecule has 1 aliphatic carbocycles. The van der Waals surface area contributed by atoms with Crippen molar-refractivity contribution < 1.29 is 14.3 Å². The van der Waals surface area contributed by atoms with Gasteiger partial charge in [-0.1, -0.05) is 12.1 Å². The Morgan fingerprint density at radius 1 is 1.19 bits per heavy atom. The first-order chi connectivity index (χ1) is 14.9. The van der Waals surface area contributed by atoms with Gasteiger partial charge in [-0.25, -0.2) is 9.80 Å². The van der Waals surface area contributed by atoms with Crippen molar-refractivity contribution in [3.8, 4) is 5.75 Å². The predicted molar refractivity (Wildman–Crippen MR) is 124 cm³/mol. The maximum absolute atomic E-state index is 12.5. The SMILES string of the molecule is CNC(=O)N1N=C(c2ccc(C(=O)NC3CC3)cc2)c2cc(P)c(OC)cc2CC1C. The predicted octanol–water partition coefficient (Wildman–Crippen LogP) is 2.43. The van der Waals surface area contributed by atoms with Gasteiger partial charge in [-0.2, -0.15) is 5.10 Å². The molecule has 2 N–H and O–H groups in total. The largest absolute Gasteiger partial charge is 0.496 e. The number of carbonyl (C=O) groups excluding carboxylic acids is 2. The first-order valence-electron chi connectivity index (χ1n) is 10.4. The van der Waals surface area contributed by atoms with Crippen LogP contribution >= 0.6 is 9.24 Å². The molecule has 7 nitrogen and oxygen atoms in total. The fourth-order valence-corrected chi connectivity index (χ4v) is 4.09. The lowest BCUT2D eigenvalue weighted by molar-refractivity contribution is 0.0951. The first-order valence-corrected chi connectivity index (χ1v) is 11.0. The van der Waals surface area contributed by atoms with E-state index in [2.05, 4.69) is 19.9 Å². The van der Waals surface area contributed by atoms with Gasteiger partial charge in [0.05, 0.1) is 18.9 Å². The van der Waals surface area contributed by atoms with Gasteiger partial charge in [-0.3, -0.25) is 4.79 Å². The van der Waals surface area contributed by atoms with Gasteiger partial charge in [0.25, 0.3) is 5.91 Å². The molecule has 2 aliphatic rings. The van der Waals surface area contributed by atoms with E-state index in [-0.39, 0.29) is 18.0 Å². The molecule has 162 valence electrons. The summed E-state index contributed by atoms with van der Waals surface area (Å²) in [5.74, 6) is 0.714. The summed E-state index contributed by atoms with van der Waals surface area (Å²) in [6.07, 6.45) is 2.73. The van der Waals surface area contributed by atoms with Gasteiger partial charge in [0.2, 0.25) is 0 Å². The molecule has 1 heterocycles. The Bertz CT molecular complexity index is 1050. The molecule has 2 aromatic rings. The summed E-state index contributed by atoms with van der Waals surface area (Å²) in [6.45, 7) is 1.97. The van der Waals surface area contributed by atoms with Gasteiger partial charge in [0.1, 0.15) is 5.75 Å². The highest BCUT2D eigenvalue weighted by atomic mass is 31.0. The van der Waals surface area contributed by atoms with Gasteiger partial charge >= 0.3 is 6.03 Å². The molecule has 0 saturated heterocycles. The molecule has 1 aliphatic heterocycles. The summed E-state index contributed by atoms with van der Waals surface area (Å²) >= 11 is 0. The van der Waals surface area contributed by atoms with Crippen LogP contribution in [0.2, 0.25) is 0 Å². The fraction of sp³-hybridized carbons (Fsp3) is 0.348. The smallest absolute Gasteiger partial charge is 0.337 e. The van der Waals surface area contributed by atoms with Crippen molar-refractivity contribution in [2.24, 2.45) is 5.10 Å². The second-order valence-electron chi connectivity index (χ2n) is 7.98. The zero-order valence-corrected chi connectivity index (χ0v) is 19.1. The zero-order valence-electron chi connectivity index (χ0n) is 17.9. The number of rotatable bonds is 4. The highest BCUT2D eigenvalue weighted by Crippen LogP contribution is 2.27. The van der Waals surface area contributed by atoms with Crippen molar-refractivity contribution in [3.63, 3.8) is 0 Å². The second kappa shape index (κ2) is 8.67. The van der Waals surface area contributed by atoms with E-state index in [0.29, 0.717) is 23.7 Å². The monoisotopic (exact) mass is 438 g/mol. The number of nitrogens with one attached hydrogen (secondary N) is 2. The number of nitrogens with zero attached hydrogens (tertiary/aromatic N) is 2. The number of urea groups is 1. The van der Waals surface area contributed by atoms with Crippen molar-refractivity contribution in [1.82, 2.24) is 15.6 Å². The Morgan fingerprint density at radius 2 is 1.90 bits per heavy atom. The molecule has 2 aromatic carbocycles. The molecular formula is C23H27N4O3P. The van der Waals surface area contributed by atoms with Crippen LogP contribution in [-0.2, 0) is 6.42 Å². The lowest BCUT2D eigenvalue weighted by Gasteiger charge is -2.22. The number of hydrazone groups is 1. The third kappa shape index (κ3) is 4.42. The summed E-state index contributed by atoms with van der Waals surface area (Å²) in [6, 6.07) is 11.3. The number of amides is 3. The van der Waals surface area contributed by atoms with E-state index < -0.39 is 0 Å². The third-order valence-corrected chi connectivity index (χ3v) is 6.06. The van der Waals surface area contributed by atoms with Crippen LogP contribution < -0.4 is 20.7 Å². The molecule has 31 heavy (non-hydrogen) atoms. The number of carbonyl (C=O) groups is 2. The Kier molecular flexibility index (Phi) is 5.96. The molecule has 0 aromatic heterocycles. The van der Waals surface area contributed by atoms with Gasteiger partial charge in [0.15, 0.2) is 0 Å².